The number of rotatable bonds is 4. The number of aliphatic hydroxyl groups excluding tert-OH is 1. The van der Waals surface area contributed by atoms with Crippen molar-refractivity contribution in [3.8, 4) is 0 Å². The first kappa shape index (κ1) is 14.6. The molecule has 110 valence electrons. The van der Waals surface area contributed by atoms with Crippen LogP contribution in [0.5, 0.6) is 0 Å². The second kappa shape index (κ2) is 6.58. The van der Waals surface area contributed by atoms with Gasteiger partial charge in [-0.1, -0.05) is 0 Å². The topological polar surface area (TPSA) is 87.8 Å². The summed E-state index contributed by atoms with van der Waals surface area (Å²) in [6.45, 7) is 4.22. The number of carbonyl (C=O) groups is 1. The molecule has 20 heavy (non-hydrogen) atoms. The molecule has 1 heterocycles. The summed E-state index contributed by atoms with van der Waals surface area (Å²) in [6, 6.07) is 5.15. The van der Waals surface area contributed by atoms with E-state index >= 15 is 0 Å². The summed E-state index contributed by atoms with van der Waals surface area (Å²) >= 11 is 0. The van der Waals surface area contributed by atoms with E-state index in [1.807, 2.05) is 17.9 Å². The van der Waals surface area contributed by atoms with Crippen molar-refractivity contribution >= 4 is 17.3 Å². The Morgan fingerprint density at radius 2 is 2.40 bits per heavy atom. The predicted octanol–water partition coefficient (Wildman–Crippen LogP) is 0.216. The maximum atomic E-state index is 11.8. The summed E-state index contributed by atoms with van der Waals surface area (Å²) in [6.07, 6.45) is 0. The standard InChI is InChI=1S/C14H21N3O3/c1-2-16-14(19)10-3-4-13(12(15)7-10)17-5-6-20-9-11(17)8-18/h3-4,7,11,18H,2,5-6,8-9,15H2,1H3,(H,16,19). The maximum absolute atomic E-state index is 11.8. The number of morpholine rings is 1. The van der Waals surface area contributed by atoms with Gasteiger partial charge >= 0.3 is 0 Å². The molecule has 6 heteroatoms. The second-order valence-corrected chi connectivity index (χ2v) is 4.74. The Morgan fingerprint density at radius 3 is 3.05 bits per heavy atom. The van der Waals surface area contributed by atoms with Crippen LogP contribution in [0, 0.1) is 0 Å². The van der Waals surface area contributed by atoms with E-state index in [4.69, 9.17) is 10.5 Å². The Bertz CT molecular complexity index is 479. The highest BCUT2D eigenvalue weighted by Gasteiger charge is 2.24. The Labute approximate surface area is 118 Å². The lowest BCUT2D eigenvalue weighted by atomic mass is 10.1. The van der Waals surface area contributed by atoms with E-state index < -0.39 is 0 Å². The van der Waals surface area contributed by atoms with Gasteiger partial charge in [0.1, 0.15) is 0 Å². The predicted molar refractivity (Wildman–Crippen MR) is 77.9 cm³/mol. The van der Waals surface area contributed by atoms with Crippen LogP contribution in [0.4, 0.5) is 11.4 Å². The van der Waals surface area contributed by atoms with Gasteiger partial charge in [-0.15, -0.1) is 0 Å². The van der Waals surface area contributed by atoms with Gasteiger partial charge in [-0.3, -0.25) is 4.79 Å². The Morgan fingerprint density at radius 1 is 1.60 bits per heavy atom. The van der Waals surface area contributed by atoms with Gasteiger partial charge in [0.2, 0.25) is 0 Å². The smallest absolute Gasteiger partial charge is 0.251 e. The molecule has 0 saturated carbocycles. The van der Waals surface area contributed by atoms with Crippen LogP contribution in [-0.4, -0.2) is 50.0 Å². The number of hydrogen-bond acceptors (Lipinski definition) is 5. The van der Waals surface area contributed by atoms with Crippen molar-refractivity contribution < 1.29 is 14.6 Å². The molecule has 0 bridgehead atoms. The minimum Gasteiger partial charge on any atom is -0.397 e. The summed E-state index contributed by atoms with van der Waals surface area (Å²) < 4.78 is 5.35. The van der Waals surface area contributed by atoms with Crippen LogP contribution in [0.15, 0.2) is 18.2 Å². The number of aliphatic hydroxyl groups is 1. The van der Waals surface area contributed by atoms with Gasteiger partial charge < -0.3 is 25.8 Å². The average Bonchev–Trinajstić information content (AvgIpc) is 2.47. The molecule has 0 radical (unpaired) electrons. The zero-order chi connectivity index (χ0) is 14.5. The van der Waals surface area contributed by atoms with Gasteiger partial charge in [0.05, 0.1) is 37.2 Å². The van der Waals surface area contributed by atoms with Gasteiger partial charge in [-0.2, -0.15) is 0 Å². The molecule has 1 saturated heterocycles. The number of hydrogen-bond donors (Lipinski definition) is 3. The normalized spacial score (nSPS) is 18.9. The van der Waals surface area contributed by atoms with Gasteiger partial charge in [-0.25, -0.2) is 0 Å². The van der Waals surface area contributed by atoms with Crippen LogP contribution in [0.1, 0.15) is 17.3 Å². The van der Waals surface area contributed by atoms with Crippen molar-refractivity contribution in [1.29, 1.82) is 0 Å². The lowest BCUT2D eigenvalue weighted by Gasteiger charge is -2.37. The van der Waals surface area contributed by atoms with E-state index in [9.17, 15) is 9.90 Å². The van der Waals surface area contributed by atoms with Crippen LogP contribution < -0.4 is 16.0 Å². The molecular weight excluding hydrogens is 258 g/mol. The molecular formula is C14H21N3O3. The first-order valence-electron chi connectivity index (χ1n) is 6.80. The summed E-state index contributed by atoms with van der Waals surface area (Å²) in [5.74, 6) is -0.133. The van der Waals surface area contributed by atoms with Gasteiger partial charge in [-0.05, 0) is 25.1 Å². The molecule has 1 aliphatic rings. The summed E-state index contributed by atoms with van der Waals surface area (Å²) in [4.78, 5) is 13.8. The molecule has 6 nitrogen and oxygen atoms in total. The minimum atomic E-state index is -0.133. The third-order valence-corrected chi connectivity index (χ3v) is 3.37. The summed E-state index contributed by atoms with van der Waals surface area (Å²) in [7, 11) is 0. The third kappa shape index (κ3) is 3.02. The van der Waals surface area contributed by atoms with Crippen LogP contribution in [0.3, 0.4) is 0 Å². The quantitative estimate of drug-likeness (QED) is 0.686. The molecule has 1 aromatic carbocycles. The first-order valence-corrected chi connectivity index (χ1v) is 6.80. The zero-order valence-electron chi connectivity index (χ0n) is 11.6. The molecule has 4 N–H and O–H groups in total. The summed E-state index contributed by atoms with van der Waals surface area (Å²) in [5.41, 5.74) is 7.97. The number of benzene rings is 1. The largest absolute Gasteiger partial charge is 0.397 e. The van der Waals surface area contributed by atoms with Crippen molar-refractivity contribution in [1.82, 2.24) is 5.32 Å². The number of nitrogen functional groups attached to an aromatic ring is 1. The number of carbonyl (C=O) groups excluding carboxylic acids is 1. The zero-order valence-corrected chi connectivity index (χ0v) is 11.6. The number of anilines is 2. The average molecular weight is 279 g/mol. The lowest BCUT2D eigenvalue weighted by molar-refractivity contribution is 0.0728. The monoisotopic (exact) mass is 279 g/mol. The molecule has 1 atom stereocenters. The van der Waals surface area contributed by atoms with E-state index in [0.29, 0.717) is 37.6 Å². The summed E-state index contributed by atoms with van der Waals surface area (Å²) in [5, 5.41) is 12.1. The van der Waals surface area contributed by atoms with E-state index in [0.717, 1.165) is 5.69 Å². The Balaban J connectivity index is 2.22. The second-order valence-electron chi connectivity index (χ2n) is 4.74. The highest BCUT2D eigenvalue weighted by molar-refractivity contribution is 5.96. The van der Waals surface area contributed by atoms with Crippen molar-refractivity contribution in [3.05, 3.63) is 23.8 Å². The Kier molecular flexibility index (Phi) is 4.81. The molecule has 0 spiro atoms. The number of nitrogens with one attached hydrogen (secondary N) is 1. The lowest BCUT2D eigenvalue weighted by Crippen LogP contribution is -2.48. The number of nitrogens with two attached hydrogens (primary N) is 1. The molecule has 1 fully saturated rings. The Hall–Kier alpha value is -1.79. The van der Waals surface area contributed by atoms with Crippen LogP contribution in [-0.2, 0) is 4.74 Å². The molecule has 2 rings (SSSR count). The number of nitrogens with zero attached hydrogens (tertiary/aromatic N) is 1. The maximum Gasteiger partial charge on any atom is 0.251 e. The molecule has 0 aliphatic carbocycles. The fraction of sp³-hybridized carbons (Fsp3) is 0.500. The highest BCUT2D eigenvalue weighted by Crippen LogP contribution is 2.27. The molecule has 1 aromatic rings. The first-order chi connectivity index (χ1) is 9.67. The number of amides is 1. The van der Waals surface area contributed by atoms with E-state index in [1.54, 1.807) is 12.1 Å². The van der Waals surface area contributed by atoms with Crippen LogP contribution >= 0.6 is 0 Å². The molecule has 1 amide bonds. The number of ether oxygens (including phenoxy) is 1. The third-order valence-electron chi connectivity index (χ3n) is 3.37. The minimum absolute atomic E-state index is 0.0114. The molecule has 0 aromatic heterocycles. The van der Waals surface area contributed by atoms with Crippen molar-refractivity contribution in [3.63, 3.8) is 0 Å². The van der Waals surface area contributed by atoms with Crippen molar-refractivity contribution in [2.75, 3.05) is 43.5 Å². The fourth-order valence-corrected chi connectivity index (χ4v) is 2.34. The van der Waals surface area contributed by atoms with Crippen molar-refractivity contribution in [2.24, 2.45) is 0 Å². The van der Waals surface area contributed by atoms with Crippen molar-refractivity contribution in [2.45, 2.75) is 13.0 Å². The van der Waals surface area contributed by atoms with Gasteiger partial charge in [0, 0.05) is 18.7 Å². The van der Waals surface area contributed by atoms with E-state index in [-0.39, 0.29) is 18.6 Å². The van der Waals surface area contributed by atoms with E-state index in [2.05, 4.69) is 5.32 Å². The van der Waals surface area contributed by atoms with E-state index in [1.165, 1.54) is 0 Å². The molecule has 1 aliphatic heterocycles. The van der Waals surface area contributed by atoms with Gasteiger partial charge in [0.15, 0.2) is 0 Å². The SMILES string of the molecule is CCNC(=O)c1ccc(N2CCOCC2CO)c(N)c1. The fourth-order valence-electron chi connectivity index (χ4n) is 2.34. The van der Waals surface area contributed by atoms with Crippen LogP contribution in [0.25, 0.3) is 0 Å². The van der Waals surface area contributed by atoms with Gasteiger partial charge in [0.25, 0.3) is 5.91 Å². The highest BCUT2D eigenvalue weighted by atomic mass is 16.5. The molecule has 1 unspecified atom stereocenters. The van der Waals surface area contributed by atoms with Crippen LogP contribution in [0.2, 0.25) is 0 Å².